The largest absolute Gasteiger partial charge is 0.347 e. The van der Waals surface area contributed by atoms with Crippen molar-refractivity contribution in [1.29, 1.82) is 0 Å². The summed E-state index contributed by atoms with van der Waals surface area (Å²) in [6, 6.07) is 7.41. The van der Waals surface area contributed by atoms with Crippen molar-refractivity contribution in [3.05, 3.63) is 45.8 Å². The summed E-state index contributed by atoms with van der Waals surface area (Å²) in [5.74, 6) is 5.49. The Hall–Kier alpha value is -1.92. The first-order valence-electron chi connectivity index (χ1n) is 5.46. The lowest BCUT2D eigenvalue weighted by Gasteiger charge is -2.07. The Kier molecular flexibility index (Phi) is 3.91. The zero-order chi connectivity index (χ0) is 13.0. The van der Waals surface area contributed by atoms with Crippen LogP contribution in [0, 0.1) is 6.92 Å². The van der Waals surface area contributed by atoms with Crippen LogP contribution in [0.25, 0.3) is 0 Å². The number of nitrogens with one attached hydrogen (secondary N) is 2. The van der Waals surface area contributed by atoms with E-state index in [1.165, 1.54) is 4.88 Å². The van der Waals surface area contributed by atoms with Gasteiger partial charge in [-0.15, -0.1) is 11.3 Å². The number of hydrazine groups is 1. The maximum absolute atomic E-state index is 12.0. The molecule has 0 bridgehead atoms. The molecule has 4 N–H and O–H groups in total. The van der Waals surface area contributed by atoms with E-state index in [1.54, 1.807) is 29.7 Å². The minimum atomic E-state index is -0.192. The van der Waals surface area contributed by atoms with Gasteiger partial charge in [-0.1, -0.05) is 0 Å². The zero-order valence-corrected chi connectivity index (χ0v) is 10.8. The maximum Gasteiger partial charge on any atom is 0.255 e. The van der Waals surface area contributed by atoms with Gasteiger partial charge >= 0.3 is 0 Å². The fourth-order valence-electron chi connectivity index (χ4n) is 1.55. The second-order valence-electron chi connectivity index (χ2n) is 3.74. The van der Waals surface area contributed by atoms with Crippen LogP contribution in [0.2, 0.25) is 0 Å². The number of anilines is 1. The standard InChI is InChI=1S/C12H14N4OS/c1-8-4-5-9(18-8)7-15-12(17)10-3-2-6-14-11(10)16-13/h2-6H,7,13H2,1H3,(H,14,16)(H,15,17). The number of nitrogen functional groups attached to an aromatic ring is 1. The summed E-state index contributed by atoms with van der Waals surface area (Å²) >= 11 is 1.66. The van der Waals surface area contributed by atoms with Gasteiger partial charge in [0, 0.05) is 16.0 Å². The normalized spacial score (nSPS) is 10.1. The maximum atomic E-state index is 12.0. The molecule has 0 radical (unpaired) electrons. The molecule has 0 aliphatic carbocycles. The zero-order valence-electron chi connectivity index (χ0n) is 9.93. The summed E-state index contributed by atoms with van der Waals surface area (Å²) < 4.78 is 0. The molecular weight excluding hydrogens is 248 g/mol. The summed E-state index contributed by atoms with van der Waals surface area (Å²) in [6.07, 6.45) is 1.58. The van der Waals surface area contributed by atoms with Crippen LogP contribution in [0.15, 0.2) is 30.5 Å². The highest BCUT2D eigenvalue weighted by Gasteiger charge is 2.11. The molecule has 0 spiro atoms. The lowest BCUT2D eigenvalue weighted by molar-refractivity contribution is 0.0952. The summed E-state index contributed by atoms with van der Waals surface area (Å²) in [5.41, 5.74) is 2.85. The smallest absolute Gasteiger partial charge is 0.255 e. The first-order chi connectivity index (χ1) is 8.70. The van der Waals surface area contributed by atoms with Gasteiger partial charge in [-0.3, -0.25) is 4.79 Å². The quantitative estimate of drug-likeness (QED) is 0.578. The van der Waals surface area contributed by atoms with Gasteiger partial charge < -0.3 is 10.7 Å². The van der Waals surface area contributed by atoms with E-state index in [-0.39, 0.29) is 5.91 Å². The predicted molar refractivity (Wildman–Crippen MR) is 72.3 cm³/mol. The molecule has 0 saturated carbocycles. The number of carbonyl (C=O) groups is 1. The van der Waals surface area contributed by atoms with Gasteiger partial charge in [0.2, 0.25) is 0 Å². The molecule has 0 saturated heterocycles. The number of hydrogen-bond donors (Lipinski definition) is 3. The minimum absolute atomic E-state index is 0.192. The lowest BCUT2D eigenvalue weighted by atomic mass is 10.2. The van der Waals surface area contributed by atoms with Crippen molar-refractivity contribution >= 4 is 23.1 Å². The Morgan fingerprint density at radius 3 is 2.94 bits per heavy atom. The van der Waals surface area contributed by atoms with E-state index in [0.717, 1.165) is 4.88 Å². The van der Waals surface area contributed by atoms with Gasteiger partial charge in [0.1, 0.15) is 0 Å². The van der Waals surface area contributed by atoms with E-state index in [1.807, 2.05) is 19.1 Å². The summed E-state index contributed by atoms with van der Waals surface area (Å²) in [7, 11) is 0. The highest BCUT2D eigenvalue weighted by atomic mass is 32.1. The SMILES string of the molecule is Cc1ccc(CNC(=O)c2cccnc2NN)s1. The average Bonchev–Trinajstić information content (AvgIpc) is 2.81. The molecule has 0 fully saturated rings. The molecular formula is C12H14N4OS. The van der Waals surface area contributed by atoms with Crippen LogP contribution >= 0.6 is 11.3 Å². The number of aryl methyl sites for hydroxylation is 1. The topological polar surface area (TPSA) is 80.0 Å². The predicted octanol–water partition coefficient (Wildman–Crippen LogP) is 1.67. The van der Waals surface area contributed by atoms with Crippen LogP contribution in [0.4, 0.5) is 5.82 Å². The molecule has 2 rings (SSSR count). The van der Waals surface area contributed by atoms with Crippen LogP contribution in [0.5, 0.6) is 0 Å². The fraction of sp³-hybridized carbons (Fsp3) is 0.167. The number of nitrogens with two attached hydrogens (primary N) is 1. The van der Waals surface area contributed by atoms with Crippen LogP contribution in [-0.2, 0) is 6.54 Å². The molecule has 18 heavy (non-hydrogen) atoms. The number of aromatic nitrogens is 1. The number of thiophene rings is 1. The van der Waals surface area contributed by atoms with Crippen LogP contribution in [0.3, 0.4) is 0 Å². The molecule has 0 unspecified atom stereocenters. The molecule has 0 aromatic carbocycles. The van der Waals surface area contributed by atoms with E-state index in [0.29, 0.717) is 17.9 Å². The van der Waals surface area contributed by atoms with Gasteiger partial charge in [0.15, 0.2) is 5.82 Å². The summed E-state index contributed by atoms with van der Waals surface area (Å²) in [6.45, 7) is 2.55. The highest BCUT2D eigenvalue weighted by Crippen LogP contribution is 2.15. The molecule has 0 aliphatic rings. The first-order valence-corrected chi connectivity index (χ1v) is 6.27. The Balaban J connectivity index is 2.03. The van der Waals surface area contributed by atoms with Gasteiger partial charge in [-0.2, -0.15) is 0 Å². The molecule has 5 nitrogen and oxygen atoms in total. The lowest BCUT2D eigenvalue weighted by Crippen LogP contribution is -2.24. The molecule has 6 heteroatoms. The average molecular weight is 262 g/mol. The van der Waals surface area contributed by atoms with Crippen molar-refractivity contribution in [1.82, 2.24) is 10.3 Å². The number of amides is 1. The van der Waals surface area contributed by atoms with Crippen molar-refractivity contribution in [2.24, 2.45) is 5.84 Å². The summed E-state index contributed by atoms with van der Waals surface area (Å²) in [4.78, 5) is 18.3. The number of carbonyl (C=O) groups excluding carboxylic acids is 1. The minimum Gasteiger partial charge on any atom is -0.347 e. The van der Waals surface area contributed by atoms with Crippen molar-refractivity contribution in [2.75, 3.05) is 5.43 Å². The van der Waals surface area contributed by atoms with Crippen LogP contribution in [0.1, 0.15) is 20.1 Å². The van der Waals surface area contributed by atoms with Gasteiger partial charge in [-0.25, -0.2) is 10.8 Å². The Morgan fingerprint density at radius 1 is 1.44 bits per heavy atom. The second-order valence-corrected chi connectivity index (χ2v) is 5.11. The van der Waals surface area contributed by atoms with E-state index < -0.39 is 0 Å². The molecule has 0 atom stereocenters. The summed E-state index contributed by atoms with van der Waals surface area (Å²) in [5, 5.41) is 2.84. The van der Waals surface area contributed by atoms with E-state index in [2.05, 4.69) is 15.7 Å². The third-order valence-corrected chi connectivity index (χ3v) is 3.41. The molecule has 94 valence electrons. The molecule has 2 heterocycles. The Morgan fingerprint density at radius 2 is 2.28 bits per heavy atom. The molecule has 1 amide bonds. The Labute approximate surface area is 109 Å². The second kappa shape index (κ2) is 5.61. The van der Waals surface area contributed by atoms with Crippen LogP contribution in [-0.4, -0.2) is 10.9 Å². The number of nitrogens with zero attached hydrogens (tertiary/aromatic N) is 1. The van der Waals surface area contributed by atoms with Gasteiger partial charge in [-0.05, 0) is 31.2 Å². The first kappa shape index (κ1) is 12.5. The van der Waals surface area contributed by atoms with Gasteiger partial charge in [0.25, 0.3) is 5.91 Å². The monoisotopic (exact) mass is 262 g/mol. The van der Waals surface area contributed by atoms with Gasteiger partial charge in [0.05, 0.1) is 12.1 Å². The van der Waals surface area contributed by atoms with E-state index >= 15 is 0 Å². The van der Waals surface area contributed by atoms with Crippen molar-refractivity contribution < 1.29 is 4.79 Å². The Bertz CT molecular complexity index is 553. The highest BCUT2D eigenvalue weighted by molar-refractivity contribution is 7.11. The third-order valence-electron chi connectivity index (χ3n) is 2.41. The van der Waals surface area contributed by atoms with Crippen LogP contribution < -0.4 is 16.6 Å². The van der Waals surface area contributed by atoms with Crippen molar-refractivity contribution in [3.63, 3.8) is 0 Å². The number of rotatable bonds is 4. The molecule has 0 aliphatic heterocycles. The fourth-order valence-corrected chi connectivity index (χ4v) is 2.38. The van der Waals surface area contributed by atoms with Crippen molar-refractivity contribution in [3.8, 4) is 0 Å². The number of pyridine rings is 1. The molecule has 2 aromatic heterocycles. The van der Waals surface area contributed by atoms with E-state index in [9.17, 15) is 4.79 Å². The third kappa shape index (κ3) is 2.85. The number of hydrogen-bond acceptors (Lipinski definition) is 5. The van der Waals surface area contributed by atoms with E-state index in [4.69, 9.17) is 5.84 Å². The van der Waals surface area contributed by atoms with Crippen molar-refractivity contribution in [2.45, 2.75) is 13.5 Å². The molecule has 2 aromatic rings.